The predicted octanol–water partition coefficient (Wildman–Crippen LogP) is 3.12. The molecule has 1 aromatic carbocycles. The van der Waals surface area contributed by atoms with Gasteiger partial charge in [-0.3, -0.25) is 15.2 Å². The van der Waals surface area contributed by atoms with Crippen LogP contribution < -0.4 is 15.4 Å². The van der Waals surface area contributed by atoms with Gasteiger partial charge in [-0.15, -0.1) is 5.10 Å². The Balaban J connectivity index is 1.50. The number of nitrogens with zero attached hydrogens (tertiary/aromatic N) is 2. The number of benzene rings is 1. The summed E-state index contributed by atoms with van der Waals surface area (Å²) >= 11 is 1.19. The van der Waals surface area contributed by atoms with Crippen LogP contribution in [0.1, 0.15) is 39.0 Å². The van der Waals surface area contributed by atoms with E-state index >= 15 is 0 Å². The van der Waals surface area contributed by atoms with Gasteiger partial charge < -0.3 is 10.1 Å². The molecule has 1 heterocycles. The lowest BCUT2D eigenvalue weighted by molar-refractivity contribution is -0.119. The number of nitrogens with one attached hydrogen (secondary N) is 3. The van der Waals surface area contributed by atoms with E-state index in [0.29, 0.717) is 11.0 Å². The number of hydrogen-bond acceptors (Lipinski definition) is 6. The van der Waals surface area contributed by atoms with E-state index in [-0.39, 0.29) is 11.9 Å². The molecule has 0 bridgehead atoms. The molecule has 3 rings (SSSR count). The van der Waals surface area contributed by atoms with E-state index in [1.807, 2.05) is 24.3 Å². The Hall–Kier alpha value is -2.55. The number of carbonyl (C=O) groups is 2. The van der Waals surface area contributed by atoms with Crippen LogP contribution in [0.4, 0.5) is 4.79 Å². The Labute approximate surface area is 168 Å². The molecule has 1 aliphatic rings. The number of ether oxygens (including phenoxy) is 1. The van der Waals surface area contributed by atoms with Crippen molar-refractivity contribution < 1.29 is 14.3 Å². The highest BCUT2D eigenvalue weighted by molar-refractivity contribution is 8.00. The molecule has 3 amide bonds. The first-order chi connectivity index (χ1) is 13.5. The molecular weight excluding hydrogens is 378 g/mol. The summed E-state index contributed by atoms with van der Waals surface area (Å²) in [4.78, 5) is 28.7. The lowest BCUT2D eigenvalue weighted by Crippen LogP contribution is -2.47. The van der Waals surface area contributed by atoms with E-state index in [0.717, 1.165) is 37.0 Å². The monoisotopic (exact) mass is 403 g/mol. The normalized spacial score (nSPS) is 15.6. The molecule has 1 saturated carbocycles. The molecule has 9 heteroatoms. The summed E-state index contributed by atoms with van der Waals surface area (Å²) in [6, 6.07) is 7.15. The fourth-order valence-corrected chi connectivity index (χ4v) is 3.80. The third-order valence-corrected chi connectivity index (χ3v) is 5.62. The van der Waals surface area contributed by atoms with E-state index in [4.69, 9.17) is 4.74 Å². The van der Waals surface area contributed by atoms with Gasteiger partial charge >= 0.3 is 6.03 Å². The third kappa shape index (κ3) is 5.48. The first-order valence-electron chi connectivity index (χ1n) is 9.40. The van der Waals surface area contributed by atoms with Crippen LogP contribution >= 0.6 is 11.8 Å². The van der Waals surface area contributed by atoms with E-state index < -0.39 is 11.3 Å². The zero-order valence-electron chi connectivity index (χ0n) is 16.0. The molecule has 1 aliphatic carbocycles. The second kappa shape index (κ2) is 9.59. The number of carbonyl (C=O) groups excluding carboxylic acids is 2. The minimum Gasteiger partial charge on any atom is -0.497 e. The van der Waals surface area contributed by atoms with Crippen molar-refractivity contribution in [2.24, 2.45) is 0 Å². The number of rotatable bonds is 6. The quantitative estimate of drug-likeness (QED) is 0.640. The van der Waals surface area contributed by atoms with Gasteiger partial charge in [0.1, 0.15) is 5.75 Å². The van der Waals surface area contributed by atoms with Crippen molar-refractivity contribution in [1.29, 1.82) is 0 Å². The lowest BCUT2D eigenvalue weighted by atomic mass is 9.96. The van der Waals surface area contributed by atoms with Crippen molar-refractivity contribution in [3.63, 3.8) is 0 Å². The summed E-state index contributed by atoms with van der Waals surface area (Å²) in [5, 5.41) is 12.2. The minimum absolute atomic E-state index is 0.157. The number of imide groups is 1. The molecular formula is C19H25N5O3S. The number of methoxy groups -OCH3 is 1. The van der Waals surface area contributed by atoms with Gasteiger partial charge in [-0.1, -0.05) is 31.0 Å². The van der Waals surface area contributed by atoms with Gasteiger partial charge in [0.2, 0.25) is 11.1 Å². The van der Waals surface area contributed by atoms with Crippen molar-refractivity contribution >= 4 is 23.7 Å². The van der Waals surface area contributed by atoms with Gasteiger partial charge in [-0.2, -0.15) is 0 Å². The molecule has 2 aromatic rings. The molecule has 1 atom stereocenters. The molecule has 0 unspecified atom stereocenters. The van der Waals surface area contributed by atoms with Crippen LogP contribution in [0.25, 0.3) is 11.4 Å². The number of thioether (sulfide) groups is 1. The smallest absolute Gasteiger partial charge is 0.321 e. The number of urea groups is 1. The fraction of sp³-hybridized carbons (Fsp3) is 0.474. The predicted molar refractivity (Wildman–Crippen MR) is 107 cm³/mol. The number of hydrogen-bond donors (Lipinski definition) is 3. The molecule has 0 saturated heterocycles. The molecule has 8 nitrogen and oxygen atoms in total. The van der Waals surface area contributed by atoms with Crippen molar-refractivity contribution in [2.45, 2.75) is 55.5 Å². The van der Waals surface area contributed by atoms with Crippen molar-refractivity contribution in [2.75, 3.05) is 7.11 Å². The largest absolute Gasteiger partial charge is 0.497 e. The van der Waals surface area contributed by atoms with Crippen molar-refractivity contribution in [3.05, 3.63) is 24.3 Å². The highest BCUT2D eigenvalue weighted by atomic mass is 32.2. The van der Waals surface area contributed by atoms with E-state index in [1.165, 1.54) is 18.2 Å². The lowest BCUT2D eigenvalue weighted by Gasteiger charge is -2.22. The van der Waals surface area contributed by atoms with Crippen molar-refractivity contribution in [3.8, 4) is 17.1 Å². The number of amides is 3. The first kappa shape index (κ1) is 20.2. The maximum Gasteiger partial charge on any atom is 0.321 e. The maximum atomic E-state index is 12.3. The molecule has 3 N–H and O–H groups in total. The SMILES string of the molecule is COc1ccc(-c2nc(S[C@@H](C)C(=O)NC(=O)NC3CCCCC3)n[nH]2)cc1. The van der Waals surface area contributed by atoms with Crippen LogP contribution in [0.5, 0.6) is 5.75 Å². The first-order valence-corrected chi connectivity index (χ1v) is 10.3. The minimum atomic E-state index is -0.503. The Morgan fingerprint density at radius 3 is 2.61 bits per heavy atom. The van der Waals surface area contributed by atoms with Crippen molar-refractivity contribution in [1.82, 2.24) is 25.8 Å². The Morgan fingerprint density at radius 2 is 1.93 bits per heavy atom. The molecule has 0 spiro atoms. The molecule has 1 fully saturated rings. The summed E-state index contributed by atoms with van der Waals surface area (Å²) in [6.07, 6.45) is 5.38. The molecule has 1 aromatic heterocycles. The molecule has 150 valence electrons. The highest BCUT2D eigenvalue weighted by Crippen LogP contribution is 2.24. The van der Waals surface area contributed by atoms with Gasteiger partial charge in [-0.25, -0.2) is 9.78 Å². The zero-order chi connectivity index (χ0) is 19.9. The van der Waals surface area contributed by atoms with E-state index in [2.05, 4.69) is 25.8 Å². The number of H-pyrrole nitrogens is 1. The Morgan fingerprint density at radius 1 is 1.21 bits per heavy atom. The second-order valence-corrected chi connectivity index (χ2v) is 8.06. The Bertz CT molecular complexity index is 802. The molecule has 0 aliphatic heterocycles. The topological polar surface area (TPSA) is 109 Å². The third-order valence-electron chi connectivity index (χ3n) is 4.66. The van der Waals surface area contributed by atoms with Crippen LogP contribution in [0.3, 0.4) is 0 Å². The van der Waals surface area contributed by atoms with Gasteiger partial charge in [0.15, 0.2) is 5.82 Å². The standard InChI is InChI=1S/C19H25N5O3S/c1-12(17(25)22-18(26)20-14-6-4-3-5-7-14)28-19-21-16(23-24-19)13-8-10-15(27-2)11-9-13/h8-12,14H,3-7H2,1-2H3,(H,21,23,24)(H2,20,22,25,26)/t12-/m0/s1. The fourth-order valence-electron chi connectivity index (χ4n) is 3.07. The van der Waals surface area contributed by atoms with Crippen LogP contribution in [0, 0.1) is 0 Å². The van der Waals surface area contributed by atoms with E-state index in [9.17, 15) is 9.59 Å². The van der Waals surface area contributed by atoms with Crippen LogP contribution in [-0.2, 0) is 4.79 Å². The van der Waals surface area contributed by atoms with Crippen LogP contribution in [0.2, 0.25) is 0 Å². The number of aromatic amines is 1. The van der Waals surface area contributed by atoms with Crippen LogP contribution in [-0.4, -0.2) is 45.5 Å². The summed E-state index contributed by atoms with van der Waals surface area (Å²) in [5.74, 6) is 0.997. The van der Waals surface area contributed by atoms with Gasteiger partial charge in [-0.05, 0) is 44.0 Å². The van der Waals surface area contributed by atoms with Gasteiger partial charge in [0, 0.05) is 11.6 Å². The summed E-state index contributed by atoms with van der Waals surface area (Å²) in [7, 11) is 1.61. The average Bonchev–Trinajstić information content (AvgIpc) is 3.17. The van der Waals surface area contributed by atoms with Crippen LogP contribution in [0.15, 0.2) is 29.4 Å². The van der Waals surface area contributed by atoms with Gasteiger partial charge in [0.25, 0.3) is 0 Å². The maximum absolute atomic E-state index is 12.3. The summed E-state index contributed by atoms with van der Waals surface area (Å²) in [5.41, 5.74) is 0.865. The molecule has 0 radical (unpaired) electrons. The number of aromatic nitrogens is 3. The Kier molecular flexibility index (Phi) is 6.91. The summed E-state index contributed by atoms with van der Waals surface area (Å²) in [6.45, 7) is 1.72. The van der Waals surface area contributed by atoms with E-state index in [1.54, 1.807) is 14.0 Å². The average molecular weight is 404 g/mol. The molecule has 28 heavy (non-hydrogen) atoms. The second-order valence-electron chi connectivity index (χ2n) is 6.75. The zero-order valence-corrected chi connectivity index (χ0v) is 16.8. The van der Waals surface area contributed by atoms with Gasteiger partial charge in [0.05, 0.1) is 12.4 Å². The highest BCUT2D eigenvalue weighted by Gasteiger charge is 2.21. The summed E-state index contributed by atoms with van der Waals surface area (Å²) < 4.78 is 5.14.